The van der Waals surface area contributed by atoms with E-state index in [0.717, 1.165) is 11.1 Å². The molecule has 2 nitrogen and oxygen atoms in total. The Bertz CT molecular complexity index is 562. The van der Waals surface area contributed by atoms with E-state index in [4.69, 9.17) is 17.4 Å². The first kappa shape index (κ1) is 13.5. The van der Waals surface area contributed by atoms with Crippen molar-refractivity contribution in [3.8, 4) is 0 Å². The van der Waals surface area contributed by atoms with E-state index < -0.39 is 0 Å². The normalized spacial score (nSPS) is 12.4. The summed E-state index contributed by atoms with van der Waals surface area (Å²) in [7, 11) is 0. The molecule has 0 fully saturated rings. The van der Waals surface area contributed by atoms with Gasteiger partial charge >= 0.3 is 0 Å². The molecular weight excluding hydrogens is 319 g/mol. The van der Waals surface area contributed by atoms with Crippen LogP contribution in [0.4, 0.5) is 4.39 Å². The molecule has 2 rings (SSSR count). The van der Waals surface area contributed by atoms with Gasteiger partial charge in [0.1, 0.15) is 5.82 Å². The predicted molar refractivity (Wildman–Crippen MR) is 74.7 cm³/mol. The summed E-state index contributed by atoms with van der Waals surface area (Å²) >= 11 is 9.06. The van der Waals surface area contributed by atoms with Crippen LogP contribution in [-0.2, 0) is 0 Å². The summed E-state index contributed by atoms with van der Waals surface area (Å²) in [5, 5.41) is 0.616. The van der Waals surface area contributed by atoms with Crippen LogP contribution in [0.2, 0.25) is 5.02 Å². The lowest BCUT2D eigenvalue weighted by atomic mass is 9.99. The third-order valence-corrected chi connectivity index (χ3v) is 3.50. The molecule has 0 radical (unpaired) electrons. The molecule has 0 aliphatic rings. The van der Waals surface area contributed by atoms with Gasteiger partial charge in [-0.3, -0.25) is 5.84 Å². The quantitative estimate of drug-likeness (QED) is 0.664. The highest BCUT2D eigenvalue weighted by Crippen LogP contribution is 2.26. The molecule has 18 heavy (non-hydrogen) atoms. The Morgan fingerprint density at radius 1 is 1.17 bits per heavy atom. The van der Waals surface area contributed by atoms with Crippen molar-refractivity contribution < 1.29 is 4.39 Å². The molecule has 0 saturated carbocycles. The number of nitrogens with two attached hydrogens (primary N) is 1. The molecule has 0 bridgehead atoms. The minimum absolute atomic E-state index is 0.300. The molecular formula is C13H11BrClFN2. The Hall–Kier alpha value is -0.940. The lowest BCUT2D eigenvalue weighted by Crippen LogP contribution is -2.28. The minimum atomic E-state index is -0.324. The number of hydrogen-bond acceptors (Lipinski definition) is 2. The van der Waals surface area contributed by atoms with Crippen molar-refractivity contribution >= 4 is 27.5 Å². The van der Waals surface area contributed by atoms with Gasteiger partial charge in [-0.25, -0.2) is 9.82 Å². The van der Waals surface area contributed by atoms with Crippen LogP contribution < -0.4 is 11.3 Å². The topological polar surface area (TPSA) is 38.0 Å². The Kier molecular flexibility index (Phi) is 4.35. The Morgan fingerprint density at radius 2 is 1.89 bits per heavy atom. The van der Waals surface area contributed by atoms with Crippen LogP contribution in [0.25, 0.3) is 0 Å². The Morgan fingerprint density at radius 3 is 2.50 bits per heavy atom. The van der Waals surface area contributed by atoms with Gasteiger partial charge in [-0.1, -0.05) is 29.8 Å². The number of hydrogen-bond donors (Lipinski definition) is 2. The van der Waals surface area contributed by atoms with Gasteiger partial charge in [0.2, 0.25) is 0 Å². The van der Waals surface area contributed by atoms with Gasteiger partial charge in [0.05, 0.1) is 10.5 Å². The maximum Gasteiger partial charge on any atom is 0.137 e. The summed E-state index contributed by atoms with van der Waals surface area (Å²) in [6, 6.07) is 11.9. The second-order valence-corrected chi connectivity index (χ2v) is 5.12. The van der Waals surface area contributed by atoms with Gasteiger partial charge < -0.3 is 0 Å². The van der Waals surface area contributed by atoms with Crippen LogP contribution in [0, 0.1) is 5.82 Å². The van der Waals surface area contributed by atoms with E-state index in [-0.39, 0.29) is 11.9 Å². The number of rotatable bonds is 3. The maximum atomic E-state index is 13.5. The van der Waals surface area contributed by atoms with Crippen molar-refractivity contribution in [2.75, 3.05) is 0 Å². The molecule has 3 N–H and O–H groups in total. The fourth-order valence-electron chi connectivity index (χ4n) is 1.76. The number of nitrogens with one attached hydrogen (secondary N) is 1. The van der Waals surface area contributed by atoms with Crippen LogP contribution in [0.15, 0.2) is 46.9 Å². The monoisotopic (exact) mass is 328 g/mol. The molecule has 0 spiro atoms. The van der Waals surface area contributed by atoms with E-state index in [0.29, 0.717) is 9.50 Å². The van der Waals surface area contributed by atoms with Crippen LogP contribution in [0.1, 0.15) is 17.2 Å². The molecule has 0 aromatic heterocycles. The van der Waals surface area contributed by atoms with Crippen molar-refractivity contribution in [1.82, 2.24) is 5.43 Å². The van der Waals surface area contributed by atoms with E-state index in [9.17, 15) is 4.39 Å². The van der Waals surface area contributed by atoms with Crippen molar-refractivity contribution in [3.63, 3.8) is 0 Å². The summed E-state index contributed by atoms with van der Waals surface area (Å²) < 4.78 is 14.0. The van der Waals surface area contributed by atoms with Crippen LogP contribution in [-0.4, -0.2) is 0 Å². The van der Waals surface area contributed by atoms with E-state index in [2.05, 4.69) is 21.4 Å². The first-order chi connectivity index (χ1) is 8.61. The lowest BCUT2D eigenvalue weighted by molar-refractivity contribution is 0.600. The summed E-state index contributed by atoms with van der Waals surface area (Å²) in [4.78, 5) is 0. The summed E-state index contributed by atoms with van der Waals surface area (Å²) in [5.74, 6) is 5.22. The SMILES string of the molecule is NNC(c1cccc(Cl)c1)c1ccc(Br)c(F)c1. The minimum Gasteiger partial charge on any atom is -0.271 e. The molecule has 2 aromatic carbocycles. The third kappa shape index (κ3) is 2.90. The zero-order valence-electron chi connectivity index (χ0n) is 9.33. The molecule has 0 aliphatic carbocycles. The smallest absolute Gasteiger partial charge is 0.137 e. The van der Waals surface area contributed by atoms with Crippen LogP contribution in [0.5, 0.6) is 0 Å². The van der Waals surface area contributed by atoms with Crippen molar-refractivity contribution in [1.29, 1.82) is 0 Å². The summed E-state index contributed by atoms with van der Waals surface area (Å²) in [6.45, 7) is 0. The highest BCUT2D eigenvalue weighted by molar-refractivity contribution is 9.10. The van der Waals surface area contributed by atoms with E-state index in [1.807, 2.05) is 12.1 Å². The third-order valence-electron chi connectivity index (χ3n) is 2.63. The number of hydrazine groups is 1. The fourth-order valence-corrected chi connectivity index (χ4v) is 2.21. The van der Waals surface area contributed by atoms with Crippen LogP contribution in [0.3, 0.4) is 0 Å². The molecule has 0 saturated heterocycles. The molecule has 5 heteroatoms. The maximum absolute atomic E-state index is 13.5. The molecule has 2 aromatic rings. The van der Waals surface area contributed by atoms with E-state index in [1.165, 1.54) is 6.07 Å². The van der Waals surface area contributed by atoms with Gasteiger partial charge in [-0.2, -0.15) is 0 Å². The first-order valence-electron chi connectivity index (χ1n) is 5.28. The predicted octanol–water partition coefficient (Wildman–Crippen LogP) is 3.79. The molecule has 0 amide bonds. The lowest BCUT2D eigenvalue weighted by Gasteiger charge is -2.17. The highest BCUT2D eigenvalue weighted by Gasteiger charge is 2.14. The van der Waals surface area contributed by atoms with Gasteiger partial charge in [0, 0.05) is 5.02 Å². The average molecular weight is 330 g/mol. The van der Waals surface area contributed by atoms with Crippen molar-refractivity contribution in [2.24, 2.45) is 5.84 Å². The second-order valence-electron chi connectivity index (χ2n) is 3.83. The van der Waals surface area contributed by atoms with E-state index in [1.54, 1.807) is 24.3 Å². The van der Waals surface area contributed by atoms with Gasteiger partial charge in [0.25, 0.3) is 0 Å². The largest absolute Gasteiger partial charge is 0.271 e. The average Bonchev–Trinajstić information content (AvgIpc) is 2.35. The molecule has 1 unspecified atom stereocenters. The highest BCUT2D eigenvalue weighted by atomic mass is 79.9. The Balaban J connectivity index is 2.42. The molecule has 0 heterocycles. The first-order valence-corrected chi connectivity index (χ1v) is 6.45. The van der Waals surface area contributed by atoms with Crippen molar-refractivity contribution in [3.05, 3.63) is 68.9 Å². The van der Waals surface area contributed by atoms with Crippen LogP contribution >= 0.6 is 27.5 Å². The zero-order chi connectivity index (χ0) is 13.1. The standard InChI is InChI=1S/C13H11BrClFN2/c14-11-5-4-9(7-12(11)16)13(18-17)8-2-1-3-10(15)6-8/h1-7,13,18H,17H2. The van der Waals surface area contributed by atoms with Gasteiger partial charge in [-0.05, 0) is 51.3 Å². The van der Waals surface area contributed by atoms with E-state index >= 15 is 0 Å². The second kappa shape index (κ2) is 5.80. The van der Waals surface area contributed by atoms with Gasteiger partial charge in [0.15, 0.2) is 0 Å². The zero-order valence-corrected chi connectivity index (χ0v) is 11.7. The molecule has 1 atom stereocenters. The van der Waals surface area contributed by atoms with Crippen molar-refractivity contribution in [2.45, 2.75) is 6.04 Å². The number of halogens is 3. The Labute approximate surface area is 118 Å². The fraction of sp³-hybridized carbons (Fsp3) is 0.0769. The number of benzene rings is 2. The van der Waals surface area contributed by atoms with Gasteiger partial charge in [-0.15, -0.1) is 0 Å². The summed E-state index contributed by atoms with van der Waals surface area (Å²) in [6.07, 6.45) is 0. The summed E-state index contributed by atoms with van der Waals surface area (Å²) in [5.41, 5.74) is 4.29. The molecule has 94 valence electrons. The molecule has 0 aliphatic heterocycles.